The monoisotopic (exact) mass is 227 g/mol. The van der Waals surface area contributed by atoms with E-state index in [1.165, 1.54) is 32.1 Å². The molecule has 0 amide bonds. The lowest BCUT2D eigenvalue weighted by Crippen LogP contribution is -2.44. The zero-order valence-electron chi connectivity index (χ0n) is 11.5. The van der Waals surface area contributed by atoms with E-state index < -0.39 is 0 Å². The summed E-state index contributed by atoms with van der Waals surface area (Å²) in [5, 5.41) is 0. The van der Waals surface area contributed by atoms with Gasteiger partial charge in [0.05, 0.1) is 12.7 Å². The van der Waals surface area contributed by atoms with Gasteiger partial charge in [-0.3, -0.25) is 0 Å². The van der Waals surface area contributed by atoms with Crippen LogP contribution < -0.4 is 5.73 Å². The van der Waals surface area contributed by atoms with Crippen LogP contribution in [0.4, 0.5) is 0 Å². The third kappa shape index (κ3) is 3.74. The molecule has 0 saturated heterocycles. The molecule has 0 spiro atoms. The van der Waals surface area contributed by atoms with Crippen molar-refractivity contribution in [1.82, 2.24) is 0 Å². The smallest absolute Gasteiger partial charge is 0.0626 e. The Hall–Kier alpha value is -0.0800. The Labute approximate surface area is 101 Å². The van der Waals surface area contributed by atoms with Crippen LogP contribution in [0.3, 0.4) is 0 Å². The molecular formula is C14H29NO. The summed E-state index contributed by atoms with van der Waals surface area (Å²) in [4.78, 5) is 0. The highest BCUT2D eigenvalue weighted by atomic mass is 16.5. The molecule has 0 aromatic carbocycles. The molecule has 0 bridgehead atoms. The van der Waals surface area contributed by atoms with Crippen LogP contribution in [0.15, 0.2) is 0 Å². The topological polar surface area (TPSA) is 35.2 Å². The Morgan fingerprint density at radius 2 is 1.69 bits per heavy atom. The second-order valence-corrected chi connectivity index (χ2v) is 6.16. The summed E-state index contributed by atoms with van der Waals surface area (Å²) >= 11 is 0. The zero-order chi connectivity index (χ0) is 12.2. The normalized spacial score (nSPS) is 21.9. The van der Waals surface area contributed by atoms with Crippen molar-refractivity contribution in [3.8, 4) is 0 Å². The average molecular weight is 227 g/mol. The Bertz CT molecular complexity index is 195. The quantitative estimate of drug-likeness (QED) is 0.755. The van der Waals surface area contributed by atoms with E-state index in [2.05, 4.69) is 27.7 Å². The molecule has 1 aliphatic rings. The van der Waals surface area contributed by atoms with Gasteiger partial charge in [-0.2, -0.15) is 0 Å². The van der Waals surface area contributed by atoms with Gasteiger partial charge < -0.3 is 10.5 Å². The first kappa shape index (κ1) is 14.0. The summed E-state index contributed by atoms with van der Waals surface area (Å²) in [5.74, 6) is 0.739. The van der Waals surface area contributed by atoms with E-state index in [1.54, 1.807) is 0 Å². The van der Waals surface area contributed by atoms with Crippen molar-refractivity contribution in [2.45, 2.75) is 71.9 Å². The minimum atomic E-state index is 0.222. The fourth-order valence-electron chi connectivity index (χ4n) is 3.09. The molecule has 1 rings (SSSR count). The van der Waals surface area contributed by atoms with Crippen LogP contribution in [-0.2, 0) is 4.74 Å². The number of nitrogens with two attached hydrogens (primary N) is 1. The van der Waals surface area contributed by atoms with Gasteiger partial charge in [-0.05, 0) is 44.4 Å². The minimum Gasteiger partial charge on any atom is -0.377 e. The van der Waals surface area contributed by atoms with Crippen molar-refractivity contribution in [1.29, 1.82) is 0 Å². The van der Waals surface area contributed by atoms with Gasteiger partial charge in [0.1, 0.15) is 0 Å². The molecule has 1 fully saturated rings. The standard InChI is InChI=1S/C14H29NO/c1-11(2)9-14(7-5-6-8-14)13(15)10-16-12(3)4/h11-13H,5-10,15H2,1-4H3. The van der Waals surface area contributed by atoms with E-state index in [-0.39, 0.29) is 6.04 Å². The lowest BCUT2D eigenvalue weighted by Gasteiger charge is -2.37. The van der Waals surface area contributed by atoms with Crippen molar-refractivity contribution in [3.63, 3.8) is 0 Å². The van der Waals surface area contributed by atoms with Gasteiger partial charge >= 0.3 is 0 Å². The Morgan fingerprint density at radius 1 is 1.12 bits per heavy atom. The minimum absolute atomic E-state index is 0.222. The third-order valence-electron chi connectivity index (χ3n) is 3.81. The first-order chi connectivity index (χ1) is 7.46. The zero-order valence-corrected chi connectivity index (χ0v) is 11.5. The molecule has 1 unspecified atom stereocenters. The highest BCUT2D eigenvalue weighted by molar-refractivity contribution is 4.93. The van der Waals surface area contributed by atoms with Crippen LogP contribution in [0, 0.1) is 11.3 Å². The van der Waals surface area contributed by atoms with Crippen LogP contribution in [0.2, 0.25) is 0 Å². The largest absolute Gasteiger partial charge is 0.377 e. The molecule has 1 atom stereocenters. The summed E-state index contributed by atoms with van der Waals surface area (Å²) < 4.78 is 5.70. The fraction of sp³-hybridized carbons (Fsp3) is 1.00. The van der Waals surface area contributed by atoms with Crippen molar-refractivity contribution < 1.29 is 4.74 Å². The third-order valence-corrected chi connectivity index (χ3v) is 3.81. The average Bonchev–Trinajstić information content (AvgIpc) is 2.62. The summed E-state index contributed by atoms with van der Waals surface area (Å²) in [5.41, 5.74) is 6.75. The van der Waals surface area contributed by atoms with Gasteiger partial charge in [0.15, 0.2) is 0 Å². The maximum atomic E-state index is 6.39. The molecule has 2 N–H and O–H groups in total. The summed E-state index contributed by atoms with van der Waals surface area (Å²) in [6.07, 6.45) is 6.85. The molecule has 0 radical (unpaired) electrons. The van der Waals surface area contributed by atoms with E-state index in [4.69, 9.17) is 10.5 Å². The van der Waals surface area contributed by atoms with Crippen LogP contribution in [0.5, 0.6) is 0 Å². The van der Waals surface area contributed by atoms with Crippen LogP contribution in [0.25, 0.3) is 0 Å². The van der Waals surface area contributed by atoms with Crippen molar-refractivity contribution in [2.75, 3.05) is 6.61 Å². The molecule has 0 aromatic heterocycles. The highest BCUT2D eigenvalue weighted by Crippen LogP contribution is 2.45. The molecular weight excluding hydrogens is 198 g/mol. The Morgan fingerprint density at radius 3 is 2.12 bits per heavy atom. The SMILES string of the molecule is CC(C)CC1(C(N)COC(C)C)CCCC1. The van der Waals surface area contributed by atoms with E-state index in [9.17, 15) is 0 Å². The van der Waals surface area contributed by atoms with E-state index in [1.807, 2.05) is 0 Å². The lowest BCUT2D eigenvalue weighted by molar-refractivity contribution is 0.0296. The molecule has 2 nitrogen and oxygen atoms in total. The number of rotatable bonds is 6. The van der Waals surface area contributed by atoms with E-state index in [0.717, 1.165) is 12.5 Å². The van der Waals surface area contributed by atoms with Gasteiger partial charge in [-0.15, -0.1) is 0 Å². The molecule has 16 heavy (non-hydrogen) atoms. The number of hydrogen-bond donors (Lipinski definition) is 1. The first-order valence-electron chi connectivity index (χ1n) is 6.83. The molecule has 0 heterocycles. The Kier molecular flexibility index (Phi) is 5.26. The van der Waals surface area contributed by atoms with Crippen molar-refractivity contribution >= 4 is 0 Å². The number of ether oxygens (including phenoxy) is 1. The molecule has 1 saturated carbocycles. The van der Waals surface area contributed by atoms with E-state index >= 15 is 0 Å². The molecule has 96 valence electrons. The Balaban J connectivity index is 2.54. The first-order valence-corrected chi connectivity index (χ1v) is 6.83. The predicted octanol–water partition coefficient (Wildman–Crippen LogP) is 3.35. The van der Waals surface area contributed by atoms with Crippen molar-refractivity contribution in [2.24, 2.45) is 17.1 Å². The fourth-order valence-corrected chi connectivity index (χ4v) is 3.09. The summed E-state index contributed by atoms with van der Waals surface area (Å²) in [7, 11) is 0. The van der Waals surface area contributed by atoms with Gasteiger partial charge in [-0.1, -0.05) is 26.7 Å². The summed E-state index contributed by atoms with van der Waals surface area (Å²) in [6, 6.07) is 0.222. The van der Waals surface area contributed by atoms with Crippen LogP contribution in [-0.4, -0.2) is 18.8 Å². The second-order valence-electron chi connectivity index (χ2n) is 6.16. The van der Waals surface area contributed by atoms with Gasteiger partial charge in [0.25, 0.3) is 0 Å². The highest BCUT2D eigenvalue weighted by Gasteiger charge is 2.39. The van der Waals surface area contributed by atoms with Crippen LogP contribution in [0.1, 0.15) is 59.8 Å². The van der Waals surface area contributed by atoms with Gasteiger partial charge in [-0.25, -0.2) is 0 Å². The molecule has 0 aromatic rings. The molecule has 1 aliphatic carbocycles. The second kappa shape index (κ2) is 6.02. The van der Waals surface area contributed by atoms with Crippen LogP contribution >= 0.6 is 0 Å². The maximum Gasteiger partial charge on any atom is 0.0626 e. The number of hydrogen-bond acceptors (Lipinski definition) is 2. The lowest BCUT2D eigenvalue weighted by atomic mass is 9.73. The van der Waals surface area contributed by atoms with Crippen molar-refractivity contribution in [3.05, 3.63) is 0 Å². The molecule has 0 aliphatic heterocycles. The molecule has 2 heteroatoms. The van der Waals surface area contributed by atoms with Gasteiger partial charge in [0, 0.05) is 6.04 Å². The predicted molar refractivity (Wildman–Crippen MR) is 69.4 cm³/mol. The summed E-state index contributed by atoms with van der Waals surface area (Å²) in [6.45, 7) is 9.49. The van der Waals surface area contributed by atoms with Gasteiger partial charge in [0.2, 0.25) is 0 Å². The van der Waals surface area contributed by atoms with E-state index in [0.29, 0.717) is 11.5 Å². The maximum absolute atomic E-state index is 6.39.